The van der Waals surface area contributed by atoms with Gasteiger partial charge in [-0.05, 0) is 58.5 Å². The molecule has 2 fully saturated rings. The van der Waals surface area contributed by atoms with Crippen molar-refractivity contribution in [3.05, 3.63) is 0 Å². The van der Waals surface area contributed by atoms with Crippen molar-refractivity contribution in [2.24, 2.45) is 5.92 Å². The molecule has 2 saturated carbocycles. The van der Waals surface area contributed by atoms with Crippen LogP contribution in [0.3, 0.4) is 0 Å². The van der Waals surface area contributed by atoms with E-state index >= 15 is 0 Å². The van der Waals surface area contributed by atoms with E-state index in [1.165, 1.54) is 25.8 Å². The van der Waals surface area contributed by atoms with E-state index in [4.69, 9.17) is 4.74 Å². The summed E-state index contributed by atoms with van der Waals surface area (Å²) in [7, 11) is 1.89. The molecular weight excluding hydrogens is 252 g/mol. The summed E-state index contributed by atoms with van der Waals surface area (Å²) >= 11 is 0. The largest absolute Gasteiger partial charge is 0.465 e. The van der Waals surface area contributed by atoms with Gasteiger partial charge in [0.05, 0.1) is 6.61 Å². The molecule has 0 spiro atoms. The standard InChI is InChI=1S/C16H30N2O2/c1-4-18(12-13-7-6-8-13)14-9-10-16(11-14,17-3)15(19)20-5-2/h13-14,17H,4-12H2,1-3H3. The number of nitrogens with zero attached hydrogens (tertiary/aromatic N) is 1. The number of rotatable bonds is 7. The van der Waals surface area contributed by atoms with E-state index in [0.717, 1.165) is 31.7 Å². The van der Waals surface area contributed by atoms with Gasteiger partial charge in [0, 0.05) is 12.6 Å². The highest BCUT2D eigenvalue weighted by Gasteiger charge is 2.46. The fraction of sp³-hybridized carbons (Fsp3) is 0.938. The third-order valence-corrected chi connectivity index (χ3v) is 5.27. The van der Waals surface area contributed by atoms with Gasteiger partial charge in [-0.15, -0.1) is 0 Å². The van der Waals surface area contributed by atoms with Gasteiger partial charge in [0.1, 0.15) is 5.54 Å². The molecular formula is C16H30N2O2. The van der Waals surface area contributed by atoms with Crippen molar-refractivity contribution in [1.29, 1.82) is 0 Å². The molecule has 20 heavy (non-hydrogen) atoms. The Morgan fingerprint density at radius 3 is 2.60 bits per heavy atom. The molecule has 0 aromatic heterocycles. The summed E-state index contributed by atoms with van der Waals surface area (Å²) < 4.78 is 5.28. The zero-order valence-electron chi connectivity index (χ0n) is 13.3. The van der Waals surface area contributed by atoms with Crippen molar-refractivity contribution >= 4 is 5.97 Å². The van der Waals surface area contributed by atoms with Crippen molar-refractivity contribution in [2.45, 2.75) is 64.0 Å². The SMILES string of the molecule is CCOC(=O)C1(NC)CCC(N(CC)CC2CCC2)C1. The van der Waals surface area contributed by atoms with Crippen LogP contribution >= 0.6 is 0 Å². The van der Waals surface area contributed by atoms with Crippen LogP contribution < -0.4 is 5.32 Å². The molecule has 2 aliphatic rings. The van der Waals surface area contributed by atoms with E-state index in [1.54, 1.807) is 0 Å². The maximum atomic E-state index is 12.2. The number of ether oxygens (including phenoxy) is 1. The van der Waals surface area contributed by atoms with Crippen LogP contribution in [-0.4, -0.2) is 49.2 Å². The lowest BCUT2D eigenvalue weighted by Gasteiger charge is -2.36. The summed E-state index contributed by atoms with van der Waals surface area (Å²) in [6, 6.07) is 0.525. The van der Waals surface area contributed by atoms with Crippen molar-refractivity contribution < 1.29 is 9.53 Å². The predicted molar refractivity (Wildman–Crippen MR) is 80.7 cm³/mol. The zero-order chi connectivity index (χ0) is 14.6. The van der Waals surface area contributed by atoms with Crippen LogP contribution in [0.2, 0.25) is 0 Å². The topological polar surface area (TPSA) is 41.6 Å². The summed E-state index contributed by atoms with van der Waals surface area (Å²) in [6.45, 7) is 6.88. The quantitative estimate of drug-likeness (QED) is 0.727. The monoisotopic (exact) mass is 282 g/mol. The first-order valence-corrected chi connectivity index (χ1v) is 8.25. The fourth-order valence-corrected chi connectivity index (χ4v) is 3.66. The molecule has 1 N–H and O–H groups in total. The maximum absolute atomic E-state index is 12.2. The number of nitrogens with one attached hydrogen (secondary N) is 1. The summed E-state index contributed by atoms with van der Waals surface area (Å²) in [6.07, 6.45) is 7.06. The second-order valence-corrected chi connectivity index (χ2v) is 6.33. The minimum absolute atomic E-state index is 0.0651. The van der Waals surface area contributed by atoms with E-state index in [0.29, 0.717) is 12.6 Å². The van der Waals surface area contributed by atoms with E-state index < -0.39 is 5.54 Å². The average molecular weight is 282 g/mol. The summed E-state index contributed by atoms with van der Waals surface area (Å²) in [5, 5.41) is 3.25. The Balaban J connectivity index is 1.95. The van der Waals surface area contributed by atoms with Gasteiger partial charge in [-0.2, -0.15) is 0 Å². The van der Waals surface area contributed by atoms with Gasteiger partial charge in [0.2, 0.25) is 0 Å². The van der Waals surface area contributed by atoms with E-state index in [-0.39, 0.29) is 5.97 Å². The van der Waals surface area contributed by atoms with Gasteiger partial charge >= 0.3 is 5.97 Å². The summed E-state index contributed by atoms with van der Waals surface area (Å²) in [5.74, 6) is 0.826. The van der Waals surface area contributed by atoms with Crippen LogP contribution in [0.4, 0.5) is 0 Å². The van der Waals surface area contributed by atoms with Crippen LogP contribution in [0.15, 0.2) is 0 Å². The highest BCUT2D eigenvalue weighted by Crippen LogP contribution is 2.36. The summed E-state index contributed by atoms with van der Waals surface area (Å²) in [5.41, 5.74) is -0.451. The molecule has 0 radical (unpaired) electrons. The van der Waals surface area contributed by atoms with Crippen LogP contribution in [0.1, 0.15) is 52.4 Å². The summed E-state index contributed by atoms with van der Waals surface area (Å²) in [4.78, 5) is 14.8. The van der Waals surface area contributed by atoms with Crippen LogP contribution in [0.5, 0.6) is 0 Å². The van der Waals surface area contributed by atoms with Gasteiger partial charge in [0.15, 0.2) is 0 Å². The van der Waals surface area contributed by atoms with E-state index in [9.17, 15) is 4.79 Å². The predicted octanol–water partition coefficient (Wildman–Crippen LogP) is 2.18. The Hall–Kier alpha value is -0.610. The normalized spacial score (nSPS) is 30.5. The molecule has 0 aromatic rings. The molecule has 0 saturated heterocycles. The third-order valence-electron chi connectivity index (χ3n) is 5.27. The zero-order valence-corrected chi connectivity index (χ0v) is 13.3. The van der Waals surface area contributed by atoms with Crippen molar-refractivity contribution in [2.75, 3.05) is 26.7 Å². The highest BCUT2D eigenvalue weighted by molar-refractivity contribution is 5.81. The molecule has 4 heteroatoms. The average Bonchev–Trinajstić information content (AvgIpc) is 2.84. The van der Waals surface area contributed by atoms with Crippen LogP contribution in [0, 0.1) is 5.92 Å². The lowest BCUT2D eigenvalue weighted by molar-refractivity contribution is -0.151. The molecule has 2 rings (SSSR count). The lowest BCUT2D eigenvalue weighted by Crippen LogP contribution is -2.51. The van der Waals surface area contributed by atoms with Gasteiger partial charge in [-0.3, -0.25) is 4.79 Å². The minimum Gasteiger partial charge on any atom is -0.465 e. The molecule has 2 unspecified atom stereocenters. The Morgan fingerprint density at radius 1 is 1.35 bits per heavy atom. The number of hydrogen-bond acceptors (Lipinski definition) is 4. The fourth-order valence-electron chi connectivity index (χ4n) is 3.66. The van der Waals surface area contributed by atoms with E-state index in [2.05, 4.69) is 17.1 Å². The molecule has 0 bridgehead atoms. The Morgan fingerprint density at radius 2 is 2.10 bits per heavy atom. The number of carbonyl (C=O) groups is 1. The van der Waals surface area contributed by atoms with Crippen molar-refractivity contribution in [3.63, 3.8) is 0 Å². The maximum Gasteiger partial charge on any atom is 0.326 e. The molecule has 0 aliphatic heterocycles. The number of esters is 1. The molecule has 2 atom stereocenters. The molecule has 116 valence electrons. The second-order valence-electron chi connectivity index (χ2n) is 6.33. The smallest absolute Gasteiger partial charge is 0.326 e. The minimum atomic E-state index is -0.451. The van der Waals surface area contributed by atoms with Crippen LogP contribution in [0.25, 0.3) is 0 Å². The second kappa shape index (κ2) is 6.90. The first-order valence-electron chi connectivity index (χ1n) is 8.25. The van der Waals surface area contributed by atoms with Crippen molar-refractivity contribution in [3.8, 4) is 0 Å². The molecule has 2 aliphatic carbocycles. The van der Waals surface area contributed by atoms with Gasteiger partial charge in [-0.25, -0.2) is 0 Å². The van der Waals surface area contributed by atoms with Crippen molar-refractivity contribution in [1.82, 2.24) is 10.2 Å². The van der Waals surface area contributed by atoms with E-state index in [1.807, 2.05) is 14.0 Å². The number of hydrogen-bond donors (Lipinski definition) is 1. The van der Waals surface area contributed by atoms with Crippen LogP contribution in [-0.2, 0) is 9.53 Å². The Bertz CT molecular complexity index is 330. The number of likely N-dealkylation sites (N-methyl/N-ethyl adjacent to an activating group) is 1. The molecule has 0 heterocycles. The van der Waals surface area contributed by atoms with Gasteiger partial charge in [-0.1, -0.05) is 13.3 Å². The first-order chi connectivity index (χ1) is 9.65. The van der Waals surface area contributed by atoms with Gasteiger partial charge in [0.25, 0.3) is 0 Å². The Kier molecular flexibility index (Phi) is 5.44. The lowest BCUT2D eigenvalue weighted by atomic mass is 9.84. The first kappa shape index (κ1) is 15.8. The highest BCUT2D eigenvalue weighted by atomic mass is 16.5. The number of carbonyl (C=O) groups excluding carboxylic acids is 1. The third kappa shape index (κ3) is 3.17. The van der Waals surface area contributed by atoms with Gasteiger partial charge < -0.3 is 15.0 Å². The Labute approximate surface area is 123 Å². The molecule has 4 nitrogen and oxygen atoms in total. The molecule has 0 amide bonds. The molecule has 0 aromatic carbocycles.